The van der Waals surface area contributed by atoms with Crippen molar-refractivity contribution in [3.8, 4) is 5.75 Å². The van der Waals surface area contributed by atoms with E-state index in [1.54, 1.807) is 0 Å². The van der Waals surface area contributed by atoms with Crippen LogP contribution in [0.2, 0.25) is 0 Å². The molecule has 0 unspecified atom stereocenters. The predicted octanol–water partition coefficient (Wildman–Crippen LogP) is 2.94. The van der Waals surface area contributed by atoms with Crippen molar-refractivity contribution in [2.24, 2.45) is 0 Å². The molecule has 0 amide bonds. The summed E-state index contributed by atoms with van der Waals surface area (Å²) in [4.78, 5) is 16.3. The second-order valence-corrected chi connectivity index (χ2v) is 7.39. The molecule has 0 aliphatic rings. The van der Waals surface area contributed by atoms with Gasteiger partial charge in [-0.15, -0.1) is 5.10 Å². The van der Waals surface area contributed by atoms with Gasteiger partial charge in [0.25, 0.3) is 5.56 Å². The summed E-state index contributed by atoms with van der Waals surface area (Å²) in [7, 11) is 0. The molecular weight excluding hydrogens is 324 g/mol. The maximum atomic E-state index is 11.6. The minimum Gasteiger partial charge on any atom is -0.492 e. The Morgan fingerprint density at radius 3 is 2.88 bits per heavy atom. The molecule has 0 fully saturated rings. The molecule has 0 atom stereocenters. The maximum Gasteiger partial charge on any atom is 0.275 e. The molecule has 1 N–H and O–H groups in total. The number of rotatable bonds is 5. The lowest BCUT2D eigenvalue weighted by atomic mass is 9.87. The highest BCUT2D eigenvalue weighted by atomic mass is 32.1. The van der Waals surface area contributed by atoms with Gasteiger partial charge in [-0.05, 0) is 23.1 Å². The van der Waals surface area contributed by atoms with Crippen LogP contribution in [0.3, 0.4) is 0 Å². The first-order chi connectivity index (χ1) is 11.4. The molecule has 0 aliphatic heterocycles. The van der Waals surface area contributed by atoms with Crippen LogP contribution in [0.4, 0.5) is 5.13 Å². The summed E-state index contributed by atoms with van der Waals surface area (Å²) in [6.07, 6.45) is 1.49. The summed E-state index contributed by atoms with van der Waals surface area (Å²) in [5.74, 6) is 0.853. The van der Waals surface area contributed by atoms with Gasteiger partial charge in [0.2, 0.25) is 10.1 Å². The number of anilines is 1. The van der Waals surface area contributed by atoms with E-state index >= 15 is 0 Å². The van der Waals surface area contributed by atoms with E-state index in [1.165, 1.54) is 33.7 Å². The fraction of sp³-hybridized carbons (Fsp3) is 0.353. The summed E-state index contributed by atoms with van der Waals surface area (Å²) >= 11 is 1.34. The lowest BCUT2D eigenvalue weighted by Gasteiger charge is -2.19. The van der Waals surface area contributed by atoms with Gasteiger partial charge in [-0.2, -0.15) is 4.52 Å². The second kappa shape index (κ2) is 6.60. The Balaban J connectivity index is 1.57. The van der Waals surface area contributed by atoms with Crippen LogP contribution in [0.5, 0.6) is 5.75 Å². The van der Waals surface area contributed by atoms with Crippen LogP contribution in [0.15, 0.2) is 41.3 Å². The lowest BCUT2D eigenvalue weighted by Crippen LogP contribution is -2.15. The minimum atomic E-state index is -0.181. The number of aromatic nitrogens is 3. The first-order valence-electron chi connectivity index (χ1n) is 7.75. The van der Waals surface area contributed by atoms with Crippen LogP contribution >= 0.6 is 11.3 Å². The Labute approximate surface area is 144 Å². The van der Waals surface area contributed by atoms with Gasteiger partial charge in [-0.3, -0.25) is 4.79 Å². The number of nitrogens with zero attached hydrogens (tertiary/aromatic N) is 3. The van der Waals surface area contributed by atoms with Crippen molar-refractivity contribution < 1.29 is 4.74 Å². The monoisotopic (exact) mass is 344 g/mol. The van der Waals surface area contributed by atoms with E-state index in [-0.39, 0.29) is 11.0 Å². The topological polar surface area (TPSA) is 68.5 Å². The Morgan fingerprint density at radius 1 is 1.29 bits per heavy atom. The quantitative estimate of drug-likeness (QED) is 0.721. The normalized spacial score (nSPS) is 11.6. The van der Waals surface area contributed by atoms with E-state index in [4.69, 9.17) is 4.74 Å². The maximum absolute atomic E-state index is 11.6. The summed E-state index contributed by atoms with van der Waals surface area (Å²) in [5.41, 5.74) is 1.16. The number of benzene rings is 1. The van der Waals surface area contributed by atoms with E-state index in [1.807, 2.05) is 12.1 Å². The van der Waals surface area contributed by atoms with Crippen LogP contribution in [0.1, 0.15) is 26.3 Å². The van der Waals surface area contributed by atoms with Crippen LogP contribution in [-0.2, 0) is 5.41 Å². The van der Waals surface area contributed by atoms with Gasteiger partial charge in [0, 0.05) is 12.3 Å². The molecule has 126 valence electrons. The van der Waals surface area contributed by atoms with Gasteiger partial charge in [0.05, 0.1) is 6.54 Å². The predicted molar refractivity (Wildman–Crippen MR) is 96.3 cm³/mol. The zero-order valence-electron chi connectivity index (χ0n) is 13.9. The van der Waals surface area contributed by atoms with E-state index in [0.717, 1.165) is 5.75 Å². The van der Waals surface area contributed by atoms with Crippen LogP contribution < -0.4 is 15.6 Å². The molecule has 0 saturated carbocycles. The van der Waals surface area contributed by atoms with Crippen LogP contribution in [0.25, 0.3) is 4.96 Å². The van der Waals surface area contributed by atoms with Crippen LogP contribution in [0, 0.1) is 0 Å². The molecular formula is C17H20N4O2S. The van der Waals surface area contributed by atoms with Crippen molar-refractivity contribution in [3.05, 3.63) is 52.4 Å². The molecule has 24 heavy (non-hydrogen) atoms. The third-order valence-electron chi connectivity index (χ3n) is 3.52. The third kappa shape index (κ3) is 3.73. The lowest BCUT2D eigenvalue weighted by molar-refractivity contribution is 0.332. The van der Waals surface area contributed by atoms with Gasteiger partial charge in [-0.1, -0.05) is 44.2 Å². The molecule has 0 spiro atoms. The van der Waals surface area contributed by atoms with Crippen molar-refractivity contribution in [1.82, 2.24) is 14.6 Å². The zero-order chi connectivity index (χ0) is 17.2. The number of hydrogen-bond acceptors (Lipinski definition) is 6. The highest BCUT2D eigenvalue weighted by Gasteiger charge is 2.13. The SMILES string of the molecule is CC(C)(C)c1cccc(OCCNc2nn3c(=O)ccnc3s2)c1. The summed E-state index contributed by atoms with van der Waals surface area (Å²) in [5, 5.41) is 8.01. The fourth-order valence-corrected chi connectivity index (χ4v) is 2.99. The molecule has 6 nitrogen and oxygen atoms in total. The largest absolute Gasteiger partial charge is 0.492 e. The summed E-state index contributed by atoms with van der Waals surface area (Å²) < 4.78 is 7.08. The first kappa shape index (κ1) is 16.4. The number of hydrogen-bond donors (Lipinski definition) is 1. The second-order valence-electron chi connectivity index (χ2n) is 6.44. The molecule has 3 aromatic rings. The molecule has 7 heteroatoms. The van der Waals surface area contributed by atoms with Gasteiger partial charge in [0.1, 0.15) is 12.4 Å². The van der Waals surface area contributed by atoms with Gasteiger partial charge in [0.15, 0.2) is 0 Å². The summed E-state index contributed by atoms with van der Waals surface area (Å²) in [6, 6.07) is 9.53. The molecule has 0 aliphatic carbocycles. The summed E-state index contributed by atoms with van der Waals surface area (Å²) in [6.45, 7) is 7.63. The van der Waals surface area contributed by atoms with Crippen molar-refractivity contribution in [3.63, 3.8) is 0 Å². The standard InChI is InChI=1S/C17H20N4O2S/c1-17(2,3)12-5-4-6-13(11-12)23-10-9-18-15-20-21-14(22)7-8-19-16(21)24-15/h4-8,11H,9-10H2,1-3H3,(H,18,20). The highest BCUT2D eigenvalue weighted by molar-refractivity contribution is 7.20. The van der Waals surface area contributed by atoms with Crippen LogP contribution in [-0.4, -0.2) is 27.7 Å². The number of fused-ring (bicyclic) bond motifs is 1. The van der Waals surface area contributed by atoms with Gasteiger partial charge >= 0.3 is 0 Å². The molecule has 3 rings (SSSR count). The molecule has 2 aromatic heterocycles. The van der Waals surface area contributed by atoms with E-state index in [2.05, 4.69) is 48.3 Å². The third-order valence-corrected chi connectivity index (χ3v) is 4.40. The molecule has 0 bridgehead atoms. The van der Waals surface area contributed by atoms with E-state index < -0.39 is 0 Å². The Morgan fingerprint density at radius 2 is 2.12 bits per heavy atom. The van der Waals surface area contributed by atoms with Gasteiger partial charge < -0.3 is 10.1 Å². The van der Waals surface area contributed by atoms with Crippen molar-refractivity contribution in [2.45, 2.75) is 26.2 Å². The minimum absolute atomic E-state index is 0.0961. The Hall–Kier alpha value is -2.41. The average molecular weight is 344 g/mol. The molecule has 1 aromatic carbocycles. The number of ether oxygens (including phenoxy) is 1. The van der Waals surface area contributed by atoms with Gasteiger partial charge in [-0.25, -0.2) is 4.98 Å². The Bertz CT molecular complexity index is 895. The van der Waals surface area contributed by atoms with E-state index in [9.17, 15) is 4.79 Å². The van der Waals surface area contributed by atoms with Crippen molar-refractivity contribution in [1.29, 1.82) is 0 Å². The molecule has 0 saturated heterocycles. The Kier molecular flexibility index (Phi) is 4.53. The zero-order valence-corrected chi connectivity index (χ0v) is 14.8. The van der Waals surface area contributed by atoms with E-state index in [0.29, 0.717) is 23.2 Å². The highest BCUT2D eigenvalue weighted by Crippen LogP contribution is 2.25. The van der Waals surface area contributed by atoms with Crippen molar-refractivity contribution in [2.75, 3.05) is 18.5 Å². The van der Waals surface area contributed by atoms with Crippen molar-refractivity contribution >= 4 is 21.4 Å². The molecule has 2 heterocycles. The first-order valence-corrected chi connectivity index (χ1v) is 8.57. The smallest absolute Gasteiger partial charge is 0.275 e. The molecule has 0 radical (unpaired) electrons. The number of nitrogens with one attached hydrogen (secondary N) is 1. The average Bonchev–Trinajstić information content (AvgIpc) is 2.96. The fourth-order valence-electron chi connectivity index (χ4n) is 2.19.